The minimum atomic E-state index is 0.194. The topological polar surface area (TPSA) is 44.8 Å². The van der Waals surface area contributed by atoms with Gasteiger partial charge in [0.1, 0.15) is 5.82 Å². The molecule has 1 radical (unpaired) electrons. The number of nitrogens with one attached hydrogen (secondary N) is 1. The number of aromatic nitrogens is 3. The standard InChI is InChI=1S/C25H26ClN4/c1-15-7-8-18(20-6-4-5-12-27-20)22(14-15)30-13-11-16(2)24(30)25-28-21-10-9-19(26)17(3)23(21)29-25/h4-6,8-10,12,14,16,24H,7,11,13H2,1-3H3,(H,28,29)/t16-,24-/m0/s1. The Morgan fingerprint density at radius 3 is 2.83 bits per heavy atom. The van der Waals surface area contributed by atoms with Crippen LogP contribution in [0.3, 0.4) is 0 Å². The van der Waals surface area contributed by atoms with E-state index in [0.29, 0.717) is 5.92 Å². The molecule has 0 unspecified atom stereocenters. The Balaban J connectivity index is 1.63. The van der Waals surface area contributed by atoms with Gasteiger partial charge in [0.2, 0.25) is 0 Å². The first-order chi connectivity index (χ1) is 14.5. The van der Waals surface area contributed by atoms with Gasteiger partial charge >= 0.3 is 0 Å². The van der Waals surface area contributed by atoms with E-state index in [0.717, 1.165) is 52.5 Å². The number of halogens is 1. The lowest BCUT2D eigenvalue weighted by atomic mass is 9.92. The molecule has 1 N–H and O–H groups in total. The van der Waals surface area contributed by atoms with E-state index in [1.165, 1.54) is 16.8 Å². The maximum absolute atomic E-state index is 6.35. The van der Waals surface area contributed by atoms with Crippen molar-refractivity contribution in [3.05, 3.63) is 82.4 Å². The van der Waals surface area contributed by atoms with Gasteiger partial charge < -0.3 is 9.88 Å². The number of benzene rings is 1. The van der Waals surface area contributed by atoms with E-state index in [4.69, 9.17) is 16.6 Å². The second kappa shape index (κ2) is 7.59. The van der Waals surface area contributed by atoms with Gasteiger partial charge in [-0.3, -0.25) is 4.98 Å². The van der Waals surface area contributed by atoms with Crippen molar-refractivity contribution in [2.45, 2.75) is 39.7 Å². The predicted octanol–water partition coefficient (Wildman–Crippen LogP) is 6.27. The highest BCUT2D eigenvalue weighted by Crippen LogP contribution is 2.43. The highest BCUT2D eigenvalue weighted by atomic mass is 35.5. The van der Waals surface area contributed by atoms with Crippen LogP contribution in [0.25, 0.3) is 16.6 Å². The molecule has 2 aliphatic rings. The fourth-order valence-electron chi connectivity index (χ4n) is 4.71. The van der Waals surface area contributed by atoms with Gasteiger partial charge in [-0.1, -0.05) is 30.2 Å². The Hall–Kier alpha value is -2.59. The van der Waals surface area contributed by atoms with Gasteiger partial charge in [0.15, 0.2) is 0 Å². The molecule has 1 aliphatic carbocycles. The number of aromatic amines is 1. The summed E-state index contributed by atoms with van der Waals surface area (Å²) in [6, 6.07) is 10.3. The summed E-state index contributed by atoms with van der Waals surface area (Å²) in [5.41, 5.74) is 7.92. The van der Waals surface area contributed by atoms with Crippen molar-refractivity contribution in [2.24, 2.45) is 5.92 Å². The van der Waals surface area contributed by atoms with E-state index in [9.17, 15) is 0 Å². The summed E-state index contributed by atoms with van der Waals surface area (Å²) in [6.45, 7) is 7.56. The minimum absolute atomic E-state index is 0.194. The maximum atomic E-state index is 6.35. The molecule has 1 fully saturated rings. The molecule has 0 amide bonds. The van der Waals surface area contributed by atoms with Gasteiger partial charge in [0, 0.05) is 29.0 Å². The van der Waals surface area contributed by atoms with E-state index in [-0.39, 0.29) is 6.04 Å². The monoisotopic (exact) mass is 417 g/mol. The molecule has 0 spiro atoms. The van der Waals surface area contributed by atoms with Crippen LogP contribution in [0.5, 0.6) is 0 Å². The van der Waals surface area contributed by atoms with Crippen LogP contribution in [0.15, 0.2) is 53.9 Å². The van der Waals surface area contributed by atoms with Crippen molar-refractivity contribution >= 4 is 28.2 Å². The Labute approximate surface area is 182 Å². The number of H-pyrrole nitrogens is 1. The Kier molecular flexibility index (Phi) is 4.90. The summed E-state index contributed by atoms with van der Waals surface area (Å²) in [7, 11) is 0. The Bertz CT molecular complexity index is 1160. The first-order valence-corrected chi connectivity index (χ1v) is 11.0. The minimum Gasteiger partial charge on any atom is -0.361 e. The molecule has 0 saturated carbocycles. The largest absolute Gasteiger partial charge is 0.361 e. The van der Waals surface area contributed by atoms with E-state index < -0.39 is 0 Å². The number of imidazole rings is 1. The first-order valence-electron chi connectivity index (χ1n) is 10.6. The molecule has 1 aliphatic heterocycles. The van der Waals surface area contributed by atoms with Gasteiger partial charge in [0.25, 0.3) is 0 Å². The summed E-state index contributed by atoms with van der Waals surface area (Å²) < 4.78 is 0. The number of hydrogen-bond donors (Lipinski definition) is 1. The number of likely N-dealkylation sites (tertiary alicyclic amines) is 1. The van der Waals surface area contributed by atoms with Gasteiger partial charge in [-0.05, 0) is 74.9 Å². The molecule has 1 saturated heterocycles. The van der Waals surface area contributed by atoms with Crippen LogP contribution in [0.1, 0.15) is 49.8 Å². The molecule has 2 aromatic heterocycles. The molecule has 3 heterocycles. The number of aryl methyl sites for hydroxylation is 1. The van der Waals surface area contributed by atoms with Crippen LogP contribution < -0.4 is 0 Å². The van der Waals surface area contributed by atoms with Gasteiger partial charge in [0.05, 0.1) is 22.8 Å². The number of allylic oxidation sites excluding steroid dienone is 3. The number of nitrogens with zero attached hydrogens (tertiary/aromatic N) is 3. The molecular formula is C25H26ClN4. The van der Waals surface area contributed by atoms with E-state index in [1.54, 1.807) is 0 Å². The molecule has 153 valence electrons. The summed E-state index contributed by atoms with van der Waals surface area (Å²) >= 11 is 6.35. The normalized spacial score (nSPS) is 22.1. The average molecular weight is 418 g/mol. The Morgan fingerprint density at radius 2 is 2.03 bits per heavy atom. The summed E-state index contributed by atoms with van der Waals surface area (Å²) in [6.07, 6.45) is 8.61. The number of hydrogen-bond acceptors (Lipinski definition) is 3. The quantitative estimate of drug-likeness (QED) is 0.546. The van der Waals surface area contributed by atoms with E-state index >= 15 is 0 Å². The summed E-state index contributed by atoms with van der Waals surface area (Å²) in [5, 5.41) is 0.762. The van der Waals surface area contributed by atoms with Crippen molar-refractivity contribution in [1.82, 2.24) is 19.9 Å². The third kappa shape index (κ3) is 3.24. The third-order valence-electron chi connectivity index (χ3n) is 6.38. The van der Waals surface area contributed by atoms with Crippen LogP contribution in [0, 0.1) is 19.3 Å². The first kappa shape index (κ1) is 19.4. The van der Waals surface area contributed by atoms with Gasteiger partial charge in [-0.2, -0.15) is 0 Å². The summed E-state index contributed by atoms with van der Waals surface area (Å²) in [4.78, 5) is 15.8. The zero-order valence-electron chi connectivity index (χ0n) is 17.6. The highest BCUT2D eigenvalue weighted by molar-refractivity contribution is 6.32. The average Bonchev–Trinajstić information content (AvgIpc) is 3.35. The molecule has 5 rings (SSSR count). The molecule has 30 heavy (non-hydrogen) atoms. The van der Waals surface area contributed by atoms with Crippen molar-refractivity contribution in [3.63, 3.8) is 0 Å². The number of fused-ring (bicyclic) bond motifs is 1. The lowest BCUT2D eigenvalue weighted by Crippen LogP contribution is -2.27. The third-order valence-corrected chi connectivity index (χ3v) is 6.79. The Morgan fingerprint density at radius 1 is 1.17 bits per heavy atom. The molecule has 3 aromatic rings. The van der Waals surface area contributed by atoms with Crippen LogP contribution in [0.4, 0.5) is 0 Å². The molecule has 1 aromatic carbocycles. The van der Waals surface area contributed by atoms with Crippen molar-refractivity contribution in [3.8, 4) is 0 Å². The number of rotatable bonds is 3. The SMILES string of the molecule is CC1=CC(N2CC[C@H](C)[C@H]2c2nc3c(C)c(Cl)ccc3[nH]2)=C(c2ccccn2)[CH]C1. The smallest absolute Gasteiger partial charge is 0.130 e. The molecule has 0 bridgehead atoms. The van der Waals surface area contributed by atoms with Crippen LogP contribution in [-0.4, -0.2) is 26.4 Å². The van der Waals surface area contributed by atoms with Crippen LogP contribution in [-0.2, 0) is 0 Å². The zero-order valence-corrected chi connectivity index (χ0v) is 18.4. The number of pyridine rings is 1. The zero-order chi connectivity index (χ0) is 20.8. The van der Waals surface area contributed by atoms with Crippen molar-refractivity contribution in [1.29, 1.82) is 0 Å². The molecular weight excluding hydrogens is 392 g/mol. The van der Waals surface area contributed by atoms with Crippen molar-refractivity contribution in [2.75, 3.05) is 6.54 Å². The lowest BCUT2D eigenvalue weighted by molar-refractivity contribution is 0.292. The van der Waals surface area contributed by atoms with Gasteiger partial charge in [-0.25, -0.2) is 4.98 Å². The summed E-state index contributed by atoms with van der Waals surface area (Å²) in [5.74, 6) is 1.51. The van der Waals surface area contributed by atoms with E-state index in [1.807, 2.05) is 31.3 Å². The second-order valence-corrected chi connectivity index (χ2v) is 8.91. The van der Waals surface area contributed by atoms with Crippen LogP contribution in [0.2, 0.25) is 5.02 Å². The fraction of sp³-hybridized carbons (Fsp3) is 0.320. The van der Waals surface area contributed by atoms with Crippen molar-refractivity contribution < 1.29 is 0 Å². The highest BCUT2D eigenvalue weighted by Gasteiger charge is 2.37. The van der Waals surface area contributed by atoms with Crippen LogP contribution >= 0.6 is 11.6 Å². The maximum Gasteiger partial charge on any atom is 0.130 e. The lowest BCUT2D eigenvalue weighted by Gasteiger charge is -2.32. The molecule has 5 heteroatoms. The van der Waals surface area contributed by atoms with Gasteiger partial charge in [-0.15, -0.1) is 0 Å². The second-order valence-electron chi connectivity index (χ2n) is 8.51. The predicted molar refractivity (Wildman–Crippen MR) is 123 cm³/mol. The molecule has 2 atom stereocenters. The van der Waals surface area contributed by atoms with E-state index in [2.05, 4.69) is 53.3 Å². The molecule has 4 nitrogen and oxygen atoms in total. The fourth-order valence-corrected chi connectivity index (χ4v) is 4.87.